The van der Waals surface area contributed by atoms with Gasteiger partial charge in [-0.15, -0.1) is 0 Å². The molecule has 0 atom stereocenters. The van der Waals surface area contributed by atoms with Gasteiger partial charge in [-0.2, -0.15) is 0 Å². The number of nitrogens with one attached hydrogen (secondary N) is 2. The van der Waals surface area contributed by atoms with Crippen LogP contribution in [0.25, 0.3) is 22.6 Å². The predicted molar refractivity (Wildman–Crippen MR) is 83.2 cm³/mol. The van der Waals surface area contributed by atoms with Crippen LogP contribution < -0.4 is 5.32 Å². The molecule has 112 valence electrons. The third-order valence-electron chi connectivity index (χ3n) is 3.25. The molecule has 0 unspecified atom stereocenters. The number of pyridine rings is 1. The van der Waals surface area contributed by atoms with Crippen molar-refractivity contribution in [2.75, 3.05) is 5.32 Å². The highest BCUT2D eigenvalue weighted by Crippen LogP contribution is 2.23. The summed E-state index contributed by atoms with van der Waals surface area (Å²) in [4.78, 5) is 32.3. The van der Waals surface area contributed by atoms with Gasteiger partial charge in [0, 0.05) is 30.8 Å². The summed E-state index contributed by atoms with van der Waals surface area (Å²) in [5, 5.41) is 2.79. The van der Waals surface area contributed by atoms with Gasteiger partial charge in [0.05, 0.1) is 0 Å². The first-order valence-electron chi connectivity index (χ1n) is 7.18. The van der Waals surface area contributed by atoms with Gasteiger partial charge in [-0.1, -0.05) is 13.8 Å². The highest BCUT2D eigenvalue weighted by Gasteiger charge is 2.15. The van der Waals surface area contributed by atoms with Crippen LogP contribution in [0.4, 0.5) is 5.82 Å². The van der Waals surface area contributed by atoms with E-state index in [2.05, 4.69) is 30.2 Å². The second-order valence-corrected chi connectivity index (χ2v) is 4.77. The Morgan fingerprint density at radius 2 is 1.95 bits per heavy atom. The molecule has 3 heterocycles. The van der Waals surface area contributed by atoms with E-state index in [0.29, 0.717) is 29.2 Å². The average molecular weight is 296 g/mol. The summed E-state index contributed by atoms with van der Waals surface area (Å²) in [7, 11) is 0. The van der Waals surface area contributed by atoms with Gasteiger partial charge in [-0.25, -0.2) is 15.0 Å². The number of anilines is 1. The summed E-state index contributed by atoms with van der Waals surface area (Å²) in [5.41, 5.74) is 2.03. The lowest BCUT2D eigenvalue weighted by atomic mass is 10.2. The summed E-state index contributed by atoms with van der Waals surface area (Å²) >= 11 is 0. The fourth-order valence-electron chi connectivity index (χ4n) is 2.05. The van der Waals surface area contributed by atoms with E-state index in [1.54, 1.807) is 19.3 Å². The SMILES string of the molecule is CCC(=O)Nc1nc(-c2ccncc2)nc2[nH]c(CC)nc12. The Hall–Kier alpha value is -2.83. The first-order chi connectivity index (χ1) is 10.7. The number of rotatable bonds is 4. The molecule has 3 rings (SSSR count). The normalized spacial score (nSPS) is 10.8. The Morgan fingerprint density at radius 1 is 1.18 bits per heavy atom. The summed E-state index contributed by atoms with van der Waals surface area (Å²) in [6, 6.07) is 3.65. The zero-order chi connectivity index (χ0) is 15.5. The van der Waals surface area contributed by atoms with Crippen molar-refractivity contribution >= 4 is 22.9 Å². The highest BCUT2D eigenvalue weighted by atomic mass is 16.1. The van der Waals surface area contributed by atoms with Crippen LogP contribution in [0.2, 0.25) is 0 Å². The van der Waals surface area contributed by atoms with Gasteiger partial charge < -0.3 is 10.3 Å². The molecular formula is C15H16N6O. The first-order valence-corrected chi connectivity index (χ1v) is 7.18. The molecule has 1 amide bonds. The molecule has 0 aliphatic carbocycles. The summed E-state index contributed by atoms with van der Waals surface area (Å²) in [6.45, 7) is 3.79. The van der Waals surface area contributed by atoms with E-state index < -0.39 is 0 Å². The zero-order valence-electron chi connectivity index (χ0n) is 12.4. The molecule has 0 aromatic carbocycles. The Labute approximate surface area is 127 Å². The van der Waals surface area contributed by atoms with Crippen molar-refractivity contribution in [3.05, 3.63) is 30.4 Å². The number of nitrogens with zero attached hydrogens (tertiary/aromatic N) is 4. The summed E-state index contributed by atoms with van der Waals surface area (Å²) in [6.07, 6.45) is 4.48. The van der Waals surface area contributed by atoms with Crippen LogP contribution in [0.1, 0.15) is 26.1 Å². The van der Waals surface area contributed by atoms with Crippen LogP contribution in [-0.2, 0) is 11.2 Å². The van der Waals surface area contributed by atoms with Crippen LogP contribution in [0, 0.1) is 0 Å². The molecule has 7 nitrogen and oxygen atoms in total. The average Bonchev–Trinajstić information content (AvgIpc) is 2.99. The maximum Gasteiger partial charge on any atom is 0.225 e. The predicted octanol–water partition coefficient (Wildman–Crippen LogP) is 2.33. The van der Waals surface area contributed by atoms with Crippen molar-refractivity contribution in [3.63, 3.8) is 0 Å². The van der Waals surface area contributed by atoms with E-state index in [-0.39, 0.29) is 5.91 Å². The number of amides is 1. The maximum absolute atomic E-state index is 11.7. The summed E-state index contributed by atoms with van der Waals surface area (Å²) < 4.78 is 0. The topological polar surface area (TPSA) is 96.5 Å². The largest absolute Gasteiger partial charge is 0.326 e. The number of carbonyl (C=O) groups excluding carboxylic acids is 1. The van der Waals surface area contributed by atoms with Gasteiger partial charge in [0.1, 0.15) is 5.82 Å². The van der Waals surface area contributed by atoms with E-state index in [1.165, 1.54) is 0 Å². The Morgan fingerprint density at radius 3 is 2.64 bits per heavy atom. The highest BCUT2D eigenvalue weighted by molar-refractivity contribution is 5.97. The Kier molecular flexibility index (Phi) is 3.78. The molecule has 0 bridgehead atoms. The van der Waals surface area contributed by atoms with Crippen molar-refractivity contribution in [1.29, 1.82) is 0 Å². The third kappa shape index (κ3) is 2.65. The number of hydrogen-bond acceptors (Lipinski definition) is 5. The molecule has 0 fully saturated rings. The second kappa shape index (κ2) is 5.88. The number of fused-ring (bicyclic) bond motifs is 1. The molecule has 0 radical (unpaired) electrons. The molecule has 0 saturated heterocycles. The fourth-order valence-corrected chi connectivity index (χ4v) is 2.05. The van der Waals surface area contributed by atoms with Crippen LogP contribution in [0.5, 0.6) is 0 Å². The third-order valence-corrected chi connectivity index (χ3v) is 3.25. The van der Waals surface area contributed by atoms with Crippen LogP contribution in [0.15, 0.2) is 24.5 Å². The number of aromatic nitrogens is 5. The van der Waals surface area contributed by atoms with Crippen molar-refractivity contribution in [2.24, 2.45) is 0 Å². The van der Waals surface area contributed by atoms with Crippen molar-refractivity contribution < 1.29 is 4.79 Å². The smallest absolute Gasteiger partial charge is 0.225 e. The molecule has 2 N–H and O–H groups in total. The van der Waals surface area contributed by atoms with Gasteiger partial charge in [-0.3, -0.25) is 9.78 Å². The van der Waals surface area contributed by atoms with Crippen LogP contribution in [-0.4, -0.2) is 30.8 Å². The Bertz CT molecular complexity index is 812. The van der Waals surface area contributed by atoms with Crippen molar-refractivity contribution in [3.8, 4) is 11.4 Å². The van der Waals surface area contributed by atoms with E-state index in [1.807, 2.05) is 19.1 Å². The zero-order valence-corrected chi connectivity index (χ0v) is 12.4. The van der Waals surface area contributed by atoms with Gasteiger partial charge in [0.15, 0.2) is 22.8 Å². The van der Waals surface area contributed by atoms with Crippen LogP contribution in [0.3, 0.4) is 0 Å². The van der Waals surface area contributed by atoms with Crippen molar-refractivity contribution in [1.82, 2.24) is 24.9 Å². The molecular weight excluding hydrogens is 280 g/mol. The Balaban J connectivity index is 2.16. The minimum Gasteiger partial charge on any atom is -0.326 e. The van der Waals surface area contributed by atoms with Gasteiger partial charge in [0.2, 0.25) is 5.91 Å². The van der Waals surface area contributed by atoms with E-state index in [4.69, 9.17) is 0 Å². The molecule has 3 aromatic heterocycles. The standard InChI is InChI=1S/C15H16N6O/c1-3-10-17-12-14(18-10)20-13(9-5-7-16-8-6-9)21-15(12)19-11(22)4-2/h5-8H,3-4H2,1-2H3,(H2,17,18,19,20,21,22). The fraction of sp³-hybridized carbons (Fsp3) is 0.267. The monoisotopic (exact) mass is 296 g/mol. The maximum atomic E-state index is 11.7. The van der Waals surface area contributed by atoms with E-state index in [0.717, 1.165) is 17.8 Å². The number of hydrogen-bond donors (Lipinski definition) is 2. The van der Waals surface area contributed by atoms with Crippen LogP contribution >= 0.6 is 0 Å². The second-order valence-electron chi connectivity index (χ2n) is 4.77. The molecule has 7 heteroatoms. The molecule has 0 saturated carbocycles. The van der Waals surface area contributed by atoms with Gasteiger partial charge in [-0.05, 0) is 12.1 Å². The first kappa shape index (κ1) is 14.1. The lowest BCUT2D eigenvalue weighted by Gasteiger charge is -2.06. The number of H-pyrrole nitrogens is 1. The number of imidazole rings is 1. The minimum absolute atomic E-state index is 0.110. The number of carbonyl (C=O) groups is 1. The molecule has 0 spiro atoms. The molecule has 22 heavy (non-hydrogen) atoms. The van der Waals surface area contributed by atoms with Crippen molar-refractivity contribution in [2.45, 2.75) is 26.7 Å². The lowest BCUT2D eigenvalue weighted by molar-refractivity contribution is -0.115. The minimum atomic E-state index is -0.110. The molecule has 0 aliphatic rings. The summed E-state index contributed by atoms with van der Waals surface area (Å²) in [5.74, 6) is 1.65. The quantitative estimate of drug-likeness (QED) is 0.770. The van der Waals surface area contributed by atoms with Gasteiger partial charge >= 0.3 is 0 Å². The number of aryl methyl sites for hydroxylation is 1. The molecule has 0 aliphatic heterocycles. The lowest BCUT2D eigenvalue weighted by Crippen LogP contribution is -2.12. The van der Waals surface area contributed by atoms with Gasteiger partial charge in [0.25, 0.3) is 0 Å². The van der Waals surface area contributed by atoms with E-state index >= 15 is 0 Å². The number of aromatic amines is 1. The van der Waals surface area contributed by atoms with E-state index in [9.17, 15) is 4.79 Å². The molecule has 3 aromatic rings.